The molecular weight excluding hydrogens is 284 g/mol. The molecule has 1 aromatic rings. The highest BCUT2D eigenvalue weighted by molar-refractivity contribution is 6.45. The SMILES string of the molecule is CC(NCCO)=C1C(=O)C(=O)N(CCO)C1c1ccccc1. The number of aliphatic hydroxyl groups excluding tert-OH is 2. The first-order valence-corrected chi connectivity index (χ1v) is 7.18. The van der Waals surface area contributed by atoms with Crippen molar-refractivity contribution < 1.29 is 19.8 Å². The Bertz CT molecular complexity index is 583. The lowest BCUT2D eigenvalue weighted by atomic mass is 9.97. The molecule has 118 valence electrons. The predicted octanol–water partition coefficient (Wildman–Crippen LogP) is -0.0128. The Morgan fingerprint density at radius 1 is 1.18 bits per heavy atom. The Kier molecular flexibility index (Phi) is 5.30. The van der Waals surface area contributed by atoms with Gasteiger partial charge in [-0.3, -0.25) is 9.59 Å². The molecule has 1 fully saturated rings. The number of carbonyl (C=O) groups excluding carboxylic acids is 2. The summed E-state index contributed by atoms with van der Waals surface area (Å²) in [4.78, 5) is 26.0. The van der Waals surface area contributed by atoms with Crippen molar-refractivity contribution >= 4 is 11.7 Å². The fourth-order valence-electron chi connectivity index (χ4n) is 2.68. The Labute approximate surface area is 129 Å². The molecule has 1 unspecified atom stereocenters. The van der Waals surface area contributed by atoms with Crippen molar-refractivity contribution in [3.05, 3.63) is 47.2 Å². The number of likely N-dealkylation sites (tertiary alicyclic amines) is 1. The van der Waals surface area contributed by atoms with Gasteiger partial charge in [-0.2, -0.15) is 0 Å². The molecule has 0 radical (unpaired) electrons. The number of β-amino-alcohol motifs (C(OH)–C–C–N with tert-alkyl or cyclic N) is 1. The summed E-state index contributed by atoms with van der Waals surface area (Å²) in [7, 11) is 0. The quantitative estimate of drug-likeness (QED) is 0.508. The van der Waals surface area contributed by atoms with Crippen LogP contribution in [-0.4, -0.2) is 53.1 Å². The van der Waals surface area contributed by atoms with E-state index in [1.54, 1.807) is 6.92 Å². The lowest BCUT2D eigenvalue weighted by Crippen LogP contribution is -2.32. The highest BCUT2D eigenvalue weighted by Crippen LogP contribution is 2.36. The smallest absolute Gasteiger partial charge is 0.295 e. The van der Waals surface area contributed by atoms with Crippen LogP contribution < -0.4 is 5.32 Å². The Balaban J connectivity index is 2.48. The predicted molar refractivity (Wildman–Crippen MR) is 80.8 cm³/mol. The number of amides is 1. The molecule has 1 aliphatic heterocycles. The van der Waals surface area contributed by atoms with Crippen LogP contribution in [0.25, 0.3) is 0 Å². The van der Waals surface area contributed by atoms with Crippen LogP contribution in [-0.2, 0) is 9.59 Å². The zero-order chi connectivity index (χ0) is 16.1. The molecule has 3 N–H and O–H groups in total. The van der Waals surface area contributed by atoms with Crippen molar-refractivity contribution in [3.63, 3.8) is 0 Å². The Morgan fingerprint density at radius 2 is 1.86 bits per heavy atom. The first-order valence-electron chi connectivity index (χ1n) is 7.18. The molecule has 2 rings (SSSR count). The number of benzene rings is 1. The number of nitrogens with zero attached hydrogens (tertiary/aromatic N) is 1. The van der Waals surface area contributed by atoms with Gasteiger partial charge in [-0.15, -0.1) is 0 Å². The van der Waals surface area contributed by atoms with Gasteiger partial charge in [0.05, 0.1) is 24.8 Å². The first kappa shape index (κ1) is 16.2. The molecule has 1 heterocycles. The maximum absolute atomic E-state index is 12.3. The number of hydrogen-bond acceptors (Lipinski definition) is 5. The van der Waals surface area contributed by atoms with Gasteiger partial charge in [-0.1, -0.05) is 30.3 Å². The molecule has 0 saturated carbocycles. The number of carbonyl (C=O) groups is 2. The topological polar surface area (TPSA) is 89.9 Å². The molecule has 0 aromatic heterocycles. The van der Waals surface area contributed by atoms with E-state index in [-0.39, 0.29) is 19.8 Å². The molecule has 1 atom stereocenters. The van der Waals surface area contributed by atoms with Gasteiger partial charge in [0.2, 0.25) is 0 Å². The molecule has 1 aromatic carbocycles. The highest BCUT2D eigenvalue weighted by atomic mass is 16.3. The molecule has 0 spiro atoms. The molecular formula is C16H20N2O4. The van der Waals surface area contributed by atoms with Crippen molar-refractivity contribution in [2.45, 2.75) is 13.0 Å². The third kappa shape index (κ3) is 3.03. The summed E-state index contributed by atoms with van der Waals surface area (Å²) < 4.78 is 0. The van der Waals surface area contributed by atoms with Gasteiger partial charge in [0, 0.05) is 18.8 Å². The molecule has 0 bridgehead atoms. The summed E-state index contributed by atoms with van der Waals surface area (Å²) in [5.74, 6) is -1.17. The standard InChI is InChI=1S/C16H20N2O4/c1-11(17-7-9-19)13-14(12-5-3-2-4-6-12)18(8-10-20)16(22)15(13)21/h2-6,14,17,19-20H,7-10H2,1H3. The van der Waals surface area contributed by atoms with Crippen molar-refractivity contribution in [1.82, 2.24) is 10.2 Å². The number of ketones is 1. The summed E-state index contributed by atoms with van der Waals surface area (Å²) in [5.41, 5.74) is 1.76. The number of aliphatic hydroxyl groups is 2. The maximum atomic E-state index is 12.3. The van der Waals surface area contributed by atoms with Gasteiger partial charge in [0.25, 0.3) is 11.7 Å². The largest absolute Gasteiger partial charge is 0.395 e. The van der Waals surface area contributed by atoms with E-state index in [4.69, 9.17) is 5.11 Å². The second kappa shape index (κ2) is 7.20. The maximum Gasteiger partial charge on any atom is 0.295 e. The second-order valence-electron chi connectivity index (χ2n) is 5.05. The van der Waals surface area contributed by atoms with E-state index in [9.17, 15) is 14.7 Å². The van der Waals surface area contributed by atoms with Crippen molar-refractivity contribution in [1.29, 1.82) is 0 Å². The Morgan fingerprint density at radius 3 is 2.45 bits per heavy atom. The first-order chi connectivity index (χ1) is 10.6. The van der Waals surface area contributed by atoms with Gasteiger partial charge in [-0.05, 0) is 12.5 Å². The Hall–Kier alpha value is -2.18. The molecule has 6 nitrogen and oxygen atoms in total. The van der Waals surface area contributed by atoms with Gasteiger partial charge < -0.3 is 20.4 Å². The van der Waals surface area contributed by atoms with Crippen LogP contribution in [0.5, 0.6) is 0 Å². The normalized spacial score (nSPS) is 20.5. The van der Waals surface area contributed by atoms with Crippen LogP contribution >= 0.6 is 0 Å². The van der Waals surface area contributed by atoms with Gasteiger partial charge in [0.1, 0.15) is 0 Å². The van der Waals surface area contributed by atoms with Crippen LogP contribution in [0.3, 0.4) is 0 Å². The fourth-order valence-corrected chi connectivity index (χ4v) is 2.68. The highest BCUT2D eigenvalue weighted by Gasteiger charge is 2.44. The minimum Gasteiger partial charge on any atom is -0.395 e. The summed E-state index contributed by atoms with van der Waals surface area (Å²) in [6.07, 6.45) is 0. The number of hydrogen-bond donors (Lipinski definition) is 3. The molecule has 1 saturated heterocycles. The number of nitrogens with one attached hydrogen (secondary N) is 1. The molecule has 1 aliphatic rings. The number of allylic oxidation sites excluding steroid dienone is 1. The average molecular weight is 304 g/mol. The van der Waals surface area contributed by atoms with Crippen LogP contribution in [0.2, 0.25) is 0 Å². The van der Waals surface area contributed by atoms with E-state index in [1.165, 1.54) is 4.90 Å². The molecule has 6 heteroatoms. The number of Topliss-reactive ketones (excluding diaryl/α,β-unsaturated/α-hetero) is 1. The van der Waals surface area contributed by atoms with Gasteiger partial charge >= 0.3 is 0 Å². The van der Waals surface area contributed by atoms with E-state index in [0.717, 1.165) is 5.56 Å². The van der Waals surface area contributed by atoms with E-state index in [2.05, 4.69) is 5.32 Å². The van der Waals surface area contributed by atoms with Gasteiger partial charge in [-0.25, -0.2) is 0 Å². The summed E-state index contributed by atoms with van der Waals surface area (Å²) in [5, 5.41) is 21.1. The van der Waals surface area contributed by atoms with Crippen LogP contribution in [0.1, 0.15) is 18.5 Å². The summed E-state index contributed by atoms with van der Waals surface area (Å²) in [6.45, 7) is 1.84. The summed E-state index contributed by atoms with van der Waals surface area (Å²) >= 11 is 0. The molecule has 22 heavy (non-hydrogen) atoms. The third-order valence-corrected chi connectivity index (χ3v) is 3.65. The zero-order valence-corrected chi connectivity index (χ0v) is 12.5. The van der Waals surface area contributed by atoms with E-state index >= 15 is 0 Å². The minimum absolute atomic E-state index is 0.0664. The van der Waals surface area contributed by atoms with E-state index in [0.29, 0.717) is 17.8 Å². The van der Waals surface area contributed by atoms with Crippen molar-refractivity contribution in [3.8, 4) is 0 Å². The fraction of sp³-hybridized carbons (Fsp3) is 0.375. The lowest BCUT2D eigenvalue weighted by Gasteiger charge is -2.25. The molecule has 0 aliphatic carbocycles. The van der Waals surface area contributed by atoms with Crippen LogP contribution in [0, 0.1) is 0 Å². The van der Waals surface area contributed by atoms with Crippen LogP contribution in [0.4, 0.5) is 0 Å². The minimum atomic E-state index is -0.608. The second-order valence-corrected chi connectivity index (χ2v) is 5.05. The lowest BCUT2D eigenvalue weighted by molar-refractivity contribution is -0.140. The van der Waals surface area contributed by atoms with E-state index < -0.39 is 17.7 Å². The third-order valence-electron chi connectivity index (χ3n) is 3.65. The monoisotopic (exact) mass is 304 g/mol. The van der Waals surface area contributed by atoms with E-state index in [1.807, 2.05) is 30.3 Å². The average Bonchev–Trinajstić information content (AvgIpc) is 2.79. The summed E-state index contributed by atoms with van der Waals surface area (Å²) in [6, 6.07) is 8.72. The zero-order valence-electron chi connectivity index (χ0n) is 12.5. The van der Waals surface area contributed by atoms with Gasteiger partial charge in [0.15, 0.2) is 0 Å². The van der Waals surface area contributed by atoms with Crippen molar-refractivity contribution in [2.24, 2.45) is 0 Å². The van der Waals surface area contributed by atoms with Crippen LogP contribution in [0.15, 0.2) is 41.6 Å². The number of rotatable bonds is 6. The molecule has 1 amide bonds. The van der Waals surface area contributed by atoms with Crippen molar-refractivity contribution in [2.75, 3.05) is 26.3 Å².